The first kappa shape index (κ1) is 12.0. The van der Waals surface area contributed by atoms with Crippen molar-refractivity contribution in [3.8, 4) is 6.07 Å². The summed E-state index contributed by atoms with van der Waals surface area (Å²) in [6, 6.07) is 9.12. The average Bonchev–Trinajstić information content (AvgIpc) is 2.84. The maximum atomic E-state index is 8.95. The Morgan fingerprint density at radius 3 is 2.59 bits per heavy atom. The van der Waals surface area contributed by atoms with Crippen LogP contribution >= 0.6 is 0 Å². The Morgan fingerprint density at radius 2 is 2.06 bits per heavy atom. The smallest absolute Gasteiger partial charge is 0.0994 e. The largest absolute Gasteiger partial charge is 0.369 e. The summed E-state index contributed by atoms with van der Waals surface area (Å²) in [6.45, 7) is 5.28. The van der Waals surface area contributed by atoms with Crippen molar-refractivity contribution in [3.63, 3.8) is 0 Å². The second kappa shape index (κ2) is 5.23. The second-order valence-corrected chi connectivity index (χ2v) is 4.84. The van der Waals surface area contributed by atoms with Crippen LogP contribution in [0.2, 0.25) is 0 Å². The summed E-state index contributed by atoms with van der Waals surface area (Å²) in [5, 5.41) is 8.95. The van der Waals surface area contributed by atoms with E-state index in [1.54, 1.807) is 0 Å². The van der Waals surface area contributed by atoms with Gasteiger partial charge in [-0.05, 0) is 50.5 Å². The van der Waals surface area contributed by atoms with Gasteiger partial charge < -0.3 is 4.90 Å². The maximum Gasteiger partial charge on any atom is 0.0994 e. The zero-order chi connectivity index (χ0) is 12.3. The molecule has 1 fully saturated rings. The number of aryl methyl sites for hydroxylation is 1. The molecule has 1 aliphatic carbocycles. The molecule has 0 amide bonds. The Morgan fingerprint density at radius 1 is 1.35 bits per heavy atom. The summed E-state index contributed by atoms with van der Waals surface area (Å²) in [5.74, 6) is 0. The number of hydrogen-bond acceptors (Lipinski definition) is 2. The third-order valence-corrected chi connectivity index (χ3v) is 3.77. The van der Waals surface area contributed by atoms with E-state index in [9.17, 15) is 0 Å². The Hall–Kier alpha value is -1.49. The lowest BCUT2D eigenvalue weighted by molar-refractivity contribution is 0.620. The van der Waals surface area contributed by atoms with Crippen LogP contribution in [0.4, 0.5) is 5.69 Å². The molecule has 2 nitrogen and oxygen atoms in total. The molecule has 0 radical (unpaired) electrons. The standard InChI is InChI=1S/C15H20N2/c1-3-17(14-6-4-5-7-14)15-9-8-13(11-16)12(2)10-15/h8-10,14H,3-7H2,1-2H3. The van der Waals surface area contributed by atoms with Gasteiger partial charge in [0.05, 0.1) is 11.6 Å². The van der Waals surface area contributed by atoms with E-state index in [0.717, 1.165) is 17.7 Å². The van der Waals surface area contributed by atoms with Crippen molar-refractivity contribution in [1.82, 2.24) is 0 Å². The van der Waals surface area contributed by atoms with E-state index in [-0.39, 0.29) is 0 Å². The van der Waals surface area contributed by atoms with Gasteiger partial charge in [0.25, 0.3) is 0 Å². The molecule has 0 bridgehead atoms. The van der Waals surface area contributed by atoms with Crippen molar-refractivity contribution in [1.29, 1.82) is 5.26 Å². The van der Waals surface area contributed by atoms with Gasteiger partial charge >= 0.3 is 0 Å². The van der Waals surface area contributed by atoms with Crippen molar-refractivity contribution >= 4 is 5.69 Å². The summed E-state index contributed by atoms with van der Waals surface area (Å²) in [4.78, 5) is 2.49. The molecule has 90 valence electrons. The molecule has 17 heavy (non-hydrogen) atoms. The summed E-state index contributed by atoms with van der Waals surface area (Å²) >= 11 is 0. The van der Waals surface area contributed by atoms with Crippen LogP contribution in [-0.2, 0) is 0 Å². The SMILES string of the molecule is CCN(c1ccc(C#N)c(C)c1)C1CCCC1. The van der Waals surface area contributed by atoms with E-state index in [1.165, 1.54) is 31.4 Å². The predicted octanol–water partition coefficient (Wildman–Crippen LogP) is 3.64. The molecular weight excluding hydrogens is 208 g/mol. The Labute approximate surface area is 104 Å². The van der Waals surface area contributed by atoms with Crippen molar-refractivity contribution in [2.24, 2.45) is 0 Å². The van der Waals surface area contributed by atoms with E-state index in [4.69, 9.17) is 5.26 Å². The van der Waals surface area contributed by atoms with Crippen LogP contribution in [0.15, 0.2) is 18.2 Å². The van der Waals surface area contributed by atoms with Gasteiger partial charge in [-0.15, -0.1) is 0 Å². The van der Waals surface area contributed by atoms with Crippen LogP contribution in [0.5, 0.6) is 0 Å². The van der Waals surface area contributed by atoms with E-state index in [1.807, 2.05) is 13.0 Å². The first-order chi connectivity index (χ1) is 8.26. The van der Waals surface area contributed by atoms with Crippen molar-refractivity contribution < 1.29 is 0 Å². The third-order valence-electron chi connectivity index (χ3n) is 3.77. The average molecular weight is 228 g/mol. The normalized spacial score (nSPS) is 15.8. The van der Waals surface area contributed by atoms with E-state index in [0.29, 0.717) is 6.04 Å². The van der Waals surface area contributed by atoms with Crippen LogP contribution in [-0.4, -0.2) is 12.6 Å². The van der Waals surface area contributed by atoms with Crippen LogP contribution in [0.1, 0.15) is 43.7 Å². The van der Waals surface area contributed by atoms with Crippen molar-refractivity contribution in [2.45, 2.75) is 45.6 Å². The maximum absolute atomic E-state index is 8.95. The van der Waals surface area contributed by atoms with E-state index < -0.39 is 0 Å². The van der Waals surface area contributed by atoms with Crippen LogP contribution in [0.3, 0.4) is 0 Å². The molecule has 0 saturated heterocycles. The minimum absolute atomic E-state index is 0.701. The lowest BCUT2D eigenvalue weighted by Gasteiger charge is -2.30. The monoisotopic (exact) mass is 228 g/mol. The van der Waals surface area contributed by atoms with Gasteiger partial charge in [-0.2, -0.15) is 5.26 Å². The summed E-state index contributed by atoms with van der Waals surface area (Å²) in [6.07, 6.45) is 5.34. The zero-order valence-electron chi connectivity index (χ0n) is 10.7. The van der Waals surface area contributed by atoms with E-state index >= 15 is 0 Å². The minimum atomic E-state index is 0.701. The fourth-order valence-electron chi connectivity index (χ4n) is 2.82. The molecule has 0 heterocycles. The molecule has 1 aromatic rings. The minimum Gasteiger partial charge on any atom is -0.369 e. The molecule has 2 heteroatoms. The Bertz CT molecular complexity index is 425. The van der Waals surface area contributed by atoms with Crippen molar-refractivity contribution in [2.75, 3.05) is 11.4 Å². The van der Waals surface area contributed by atoms with E-state index in [2.05, 4.69) is 30.0 Å². The fraction of sp³-hybridized carbons (Fsp3) is 0.533. The lowest BCUT2D eigenvalue weighted by Crippen LogP contribution is -2.32. The number of rotatable bonds is 3. The Kier molecular flexibility index (Phi) is 3.68. The van der Waals surface area contributed by atoms with Crippen LogP contribution < -0.4 is 4.90 Å². The zero-order valence-corrected chi connectivity index (χ0v) is 10.7. The van der Waals surface area contributed by atoms with Gasteiger partial charge in [-0.25, -0.2) is 0 Å². The number of nitrogens with zero attached hydrogens (tertiary/aromatic N) is 2. The fourth-order valence-corrected chi connectivity index (χ4v) is 2.82. The second-order valence-electron chi connectivity index (χ2n) is 4.84. The lowest BCUT2D eigenvalue weighted by atomic mass is 10.1. The summed E-state index contributed by atoms with van der Waals surface area (Å²) < 4.78 is 0. The van der Waals surface area contributed by atoms with Gasteiger partial charge in [0.1, 0.15) is 0 Å². The third kappa shape index (κ3) is 2.44. The van der Waals surface area contributed by atoms with Gasteiger partial charge in [0, 0.05) is 18.3 Å². The molecule has 2 rings (SSSR count). The summed E-state index contributed by atoms with van der Waals surface area (Å²) in [7, 11) is 0. The van der Waals surface area contributed by atoms with Gasteiger partial charge in [-0.1, -0.05) is 12.8 Å². The number of benzene rings is 1. The first-order valence-corrected chi connectivity index (χ1v) is 6.53. The highest BCUT2D eigenvalue weighted by molar-refractivity contribution is 5.54. The highest BCUT2D eigenvalue weighted by Gasteiger charge is 2.21. The number of hydrogen-bond donors (Lipinski definition) is 0. The quantitative estimate of drug-likeness (QED) is 0.789. The topological polar surface area (TPSA) is 27.0 Å². The molecule has 0 aromatic heterocycles. The number of anilines is 1. The summed E-state index contributed by atoms with van der Waals surface area (Å²) in [5.41, 5.74) is 3.15. The highest BCUT2D eigenvalue weighted by atomic mass is 15.2. The number of nitriles is 1. The predicted molar refractivity (Wildman–Crippen MR) is 71.2 cm³/mol. The molecule has 0 aliphatic heterocycles. The van der Waals surface area contributed by atoms with Crippen molar-refractivity contribution in [3.05, 3.63) is 29.3 Å². The first-order valence-electron chi connectivity index (χ1n) is 6.53. The van der Waals surface area contributed by atoms with Gasteiger partial charge in [0.2, 0.25) is 0 Å². The molecule has 1 aromatic carbocycles. The molecule has 1 saturated carbocycles. The Balaban J connectivity index is 2.25. The molecular formula is C15H20N2. The molecule has 0 N–H and O–H groups in total. The molecule has 1 aliphatic rings. The van der Waals surface area contributed by atoms with Gasteiger partial charge in [-0.3, -0.25) is 0 Å². The molecule has 0 spiro atoms. The highest BCUT2D eigenvalue weighted by Crippen LogP contribution is 2.29. The van der Waals surface area contributed by atoms with Crippen LogP contribution in [0, 0.1) is 18.3 Å². The van der Waals surface area contributed by atoms with Gasteiger partial charge in [0.15, 0.2) is 0 Å². The van der Waals surface area contributed by atoms with Crippen LogP contribution in [0.25, 0.3) is 0 Å². The molecule has 0 unspecified atom stereocenters. The molecule has 0 atom stereocenters.